The molecule has 1 atom stereocenters. The third kappa shape index (κ3) is 6.56. The van der Waals surface area contributed by atoms with Gasteiger partial charge < -0.3 is 9.47 Å². The van der Waals surface area contributed by atoms with Gasteiger partial charge in [0.2, 0.25) is 0 Å². The van der Waals surface area contributed by atoms with Crippen molar-refractivity contribution >= 4 is 31.1 Å². The molecule has 3 rings (SSSR count). The molecule has 180 valence electrons. The Hall–Kier alpha value is -2.48. The Balaban J connectivity index is 2.15. The largest absolute Gasteiger partial charge is 0.467 e. The van der Waals surface area contributed by atoms with Crippen molar-refractivity contribution in [3.05, 3.63) is 82.9 Å². The highest BCUT2D eigenvalue weighted by Crippen LogP contribution is 2.37. The molecule has 3 aromatic carbocycles. The van der Waals surface area contributed by atoms with E-state index in [2.05, 4.69) is 78.8 Å². The highest BCUT2D eigenvalue weighted by molar-refractivity contribution is 7.56. The summed E-state index contributed by atoms with van der Waals surface area (Å²) >= 11 is 0. The van der Waals surface area contributed by atoms with Crippen LogP contribution in [0, 0.1) is 6.92 Å². The summed E-state index contributed by atoms with van der Waals surface area (Å²) in [5.74, 6) is 0.940. The number of aliphatic imine (C=N–C) groups is 1. The first-order valence-corrected chi connectivity index (χ1v) is 12.8. The molecule has 1 unspecified atom stereocenters. The first kappa shape index (κ1) is 26.1. The van der Waals surface area contributed by atoms with E-state index in [1.54, 1.807) is 7.11 Å². The summed E-state index contributed by atoms with van der Waals surface area (Å²) in [6.45, 7) is 15.9. The summed E-state index contributed by atoms with van der Waals surface area (Å²) in [5, 5.41) is 2.49. The minimum absolute atomic E-state index is 0.0301. The molecule has 0 aliphatic carbocycles. The number of nitrogens with zero attached hydrogens (tertiary/aromatic N) is 1. The zero-order valence-corrected chi connectivity index (χ0v) is 22.8. The van der Waals surface area contributed by atoms with Crippen molar-refractivity contribution in [2.24, 2.45) is 4.99 Å². The van der Waals surface area contributed by atoms with Gasteiger partial charge in [0.15, 0.2) is 6.79 Å². The maximum Gasteiger partial charge on any atom is 0.188 e. The Morgan fingerprint density at radius 2 is 1.59 bits per heavy atom. The van der Waals surface area contributed by atoms with Crippen molar-refractivity contribution in [2.45, 2.75) is 59.3 Å². The van der Waals surface area contributed by atoms with E-state index < -0.39 is 0 Å². The van der Waals surface area contributed by atoms with E-state index in [0.717, 1.165) is 17.0 Å². The Kier molecular flexibility index (Phi) is 8.34. The van der Waals surface area contributed by atoms with E-state index in [-0.39, 0.29) is 17.6 Å². The lowest BCUT2D eigenvalue weighted by Crippen LogP contribution is -2.24. The molecule has 0 amide bonds. The highest BCUT2D eigenvalue weighted by Gasteiger charge is 2.26. The van der Waals surface area contributed by atoms with Gasteiger partial charge in [-0.05, 0) is 52.4 Å². The predicted molar refractivity (Wildman–Crippen MR) is 149 cm³/mol. The van der Waals surface area contributed by atoms with Gasteiger partial charge in [-0.15, -0.1) is 0 Å². The minimum Gasteiger partial charge on any atom is -0.467 e. The molecule has 0 fully saturated rings. The van der Waals surface area contributed by atoms with Crippen molar-refractivity contribution in [1.82, 2.24) is 0 Å². The van der Waals surface area contributed by atoms with Crippen LogP contribution < -0.4 is 15.3 Å². The summed E-state index contributed by atoms with van der Waals surface area (Å²) in [6, 6.07) is 21.1. The number of benzene rings is 3. The van der Waals surface area contributed by atoms with Crippen LogP contribution in [-0.4, -0.2) is 20.1 Å². The molecule has 0 saturated heterocycles. The van der Waals surface area contributed by atoms with Gasteiger partial charge in [0.25, 0.3) is 0 Å². The SMILES string of the molecule is COCOc1c(Pc2c(C)cccc2/C=N/c2ccccc2)cc(C(C)(C)C)cc1C(C)(C)C. The van der Waals surface area contributed by atoms with Crippen LogP contribution in [-0.2, 0) is 15.6 Å². The van der Waals surface area contributed by atoms with E-state index in [0.29, 0.717) is 8.58 Å². The second-order valence-electron chi connectivity index (χ2n) is 10.7. The number of hydrogen-bond acceptors (Lipinski definition) is 3. The summed E-state index contributed by atoms with van der Waals surface area (Å²) in [4.78, 5) is 4.73. The van der Waals surface area contributed by atoms with E-state index in [9.17, 15) is 0 Å². The number of ether oxygens (including phenoxy) is 2. The van der Waals surface area contributed by atoms with E-state index >= 15 is 0 Å². The molecule has 0 saturated carbocycles. The molecule has 0 spiro atoms. The molecule has 0 aliphatic rings. The molecular weight excluding hydrogens is 437 g/mol. The number of para-hydroxylation sites is 1. The lowest BCUT2D eigenvalue weighted by molar-refractivity contribution is 0.0506. The van der Waals surface area contributed by atoms with Gasteiger partial charge in [0.05, 0.1) is 5.69 Å². The number of methoxy groups -OCH3 is 1. The van der Waals surface area contributed by atoms with Gasteiger partial charge in [-0.2, -0.15) is 0 Å². The standard InChI is InChI=1S/C30H38NO2P/c1-21-13-12-14-22(19-31-24-15-10-9-11-16-24)28(21)34-26-18-23(29(2,3)4)17-25(30(5,6)7)27(26)33-20-32-8/h9-19,34H,20H2,1-8H3/b31-19+. The quantitative estimate of drug-likeness (QED) is 0.210. The molecule has 0 N–H and O–H groups in total. The number of rotatable bonds is 7. The Morgan fingerprint density at radius 3 is 2.21 bits per heavy atom. The zero-order valence-electron chi connectivity index (χ0n) is 21.8. The fourth-order valence-corrected chi connectivity index (χ4v) is 5.14. The summed E-state index contributed by atoms with van der Waals surface area (Å²) < 4.78 is 11.6. The van der Waals surface area contributed by atoms with E-state index in [1.807, 2.05) is 36.5 Å². The first-order chi connectivity index (χ1) is 16.0. The van der Waals surface area contributed by atoms with Crippen molar-refractivity contribution in [3.8, 4) is 5.75 Å². The van der Waals surface area contributed by atoms with E-state index in [4.69, 9.17) is 14.5 Å². The Bertz CT molecular complexity index is 1140. The monoisotopic (exact) mass is 475 g/mol. The van der Waals surface area contributed by atoms with Crippen molar-refractivity contribution in [2.75, 3.05) is 13.9 Å². The van der Waals surface area contributed by atoms with Gasteiger partial charge in [-0.1, -0.05) is 92.6 Å². The molecule has 3 nitrogen and oxygen atoms in total. The second-order valence-corrected chi connectivity index (χ2v) is 12.0. The van der Waals surface area contributed by atoms with E-state index in [1.165, 1.54) is 27.3 Å². The van der Waals surface area contributed by atoms with Crippen LogP contribution in [0.1, 0.15) is 63.8 Å². The molecule has 4 heteroatoms. The van der Waals surface area contributed by atoms with Gasteiger partial charge in [0.1, 0.15) is 5.75 Å². The van der Waals surface area contributed by atoms with Gasteiger partial charge in [-0.25, -0.2) is 0 Å². The van der Waals surface area contributed by atoms with Gasteiger partial charge in [0, 0.05) is 29.8 Å². The lowest BCUT2D eigenvalue weighted by atomic mass is 9.80. The lowest BCUT2D eigenvalue weighted by Gasteiger charge is -2.29. The molecular formula is C30H38NO2P. The zero-order chi connectivity index (χ0) is 24.9. The topological polar surface area (TPSA) is 30.8 Å². The fourth-order valence-electron chi connectivity index (χ4n) is 3.75. The van der Waals surface area contributed by atoms with Crippen LogP contribution in [0.2, 0.25) is 0 Å². The molecule has 34 heavy (non-hydrogen) atoms. The maximum atomic E-state index is 6.24. The van der Waals surface area contributed by atoms with Crippen molar-refractivity contribution in [3.63, 3.8) is 0 Å². The average molecular weight is 476 g/mol. The minimum atomic E-state index is -0.0626. The Labute approximate surface area is 207 Å². The van der Waals surface area contributed by atoms with Crippen molar-refractivity contribution in [1.29, 1.82) is 0 Å². The van der Waals surface area contributed by atoms with Crippen LogP contribution in [0.15, 0.2) is 65.7 Å². The molecule has 3 aromatic rings. The van der Waals surface area contributed by atoms with Gasteiger partial charge in [-0.3, -0.25) is 4.99 Å². The summed E-state index contributed by atoms with van der Waals surface area (Å²) in [6.07, 6.45) is 1.98. The molecule has 0 heterocycles. The second kappa shape index (κ2) is 10.8. The summed E-state index contributed by atoms with van der Waals surface area (Å²) in [5.41, 5.74) is 5.84. The molecule has 0 aliphatic heterocycles. The Morgan fingerprint density at radius 1 is 0.882 bits per heavy atom. The average Bonchev–Trinajstić information content (AvgIpc) is 2.77. The van der Waals surface area contributed by atoms with Crippen LogP contribution in [0.25, 0.3) is 0 Å². The van der Waals surface area contributed by atoms with Crippen molar-refractivity contribution < 1.29 is 9.47 Å². The summed E-state index contributed by atoms with van der Waals surface area (Å²) in [7, 11) is 2.10. The fraction of sp³-hybridized carbons (Fsp3) is 0.367. The van der Waals surface area contributed by atoms with Crippen LogP contribution in [0.5, 0.6) is 5.75 Å². The normalized spacial score (nSPS) is 12.7. The maximum absolute atomic E-state index is 6.24. The number of aryl methyl sites for hydroxylation is 1. The number of hydrogen-bond donors (Lipinski definition) is 0. The molecule has 0 bridgehead atoms. The van der Waals surface area contributed by atoms with Crippen LogP contribution in [0.3, 0.4) is 0 Å². The third-order valence-corrected chi connectivity index (χ3v) is 7.33. The smallest absolute Gasteiger partial charge is 0.188 e. The van der Waals surface area contributed by atoms with Crippen LogP contribution >= 0.6 is 8.58 Å². The predicted octanol–water partition coefficient (Wildman–Crippen LogP) is 6.95. The highest BCUT2D eigenvalue weighted by atomic mass is 31.1. The van der Waals surface area contributed by atoms with Crippen LogP contribution in [0.4, 0.5) is 5.69 Å². The van der Waals surface area contributed by atoms with Gasteiger partial charge >= 0.3 is 0 Å². The first-order valence-electron chi connectivity index (χ1n) is 11.8. The molecule has 0 radical (unpaired) electrons. The molecule has 0 aromatic heterocycles. The third-order valence-electron chi connectivity index (χ3n) is 5.76.